The zero-order valence-corrected chi connectivity index (χ0v) is 11.0. The van der Waals surface area contributed by atoms with E-state index >= 15 is 0 Å². The number of Topliss-reactive ketones (excluding diaryl/α,β-unsaturated/α-hetero) is 1. The van der Waals surface area contributed by atoms with Crippen molar-refractivity contribution in [2.75, 3.05) is 13.7 Å². The van der Waals surface area contributed by atoms with Gasteiger partial charge in [-0.25, -0.2) is 0 Å². The number of ketones is 1. The summed E-state index contributed by atoms with van der Waals surface area (Å²) in [6.07, 6.45) is 4.32. The van der Waals surface area contributed by atoms with Gasteiger partial charge in [-0.1, -0.05) is 0 Å². The molecule has 0 aliphatic carbocycles. The van der Waals surface area contributed by atoms with Crippen LogP contribution in [0.25, 0.3) is 0 Å². The molecule has 94 valence electrons. The summed E-state index contributed by atoms with van der Waals surface area (Å²) in [7, 11) is 1.68. The lowest BCUT2D eigenvalue weighted by Crippen LogP contribution is -2.42. The molecule has 0 radical (unpaired) electrons. The Kier molecular flexibility index (Phi) is 4.51. The maximum absolute atomic E-state index is 12.1. The first-order chi connectivity index (χ1) is 7.40. The Hall–Kier alpha value is -0.410. The van der Waals surface area contributed by atoms with Gasteiger partial charge in [-0.05, 0) is 46.5 Å². The van der Waals surface area contributed by atoms with Crippen LogP contribution in [0.3, 0.4) is 0 Å². The van der Waals surface area contributed by atoms with Crippen molar-refractivity contribution in [3.05, 3.63) is 0 Å². The molecule has 1 unspecified atom stereocenters. The molecule has 3 nitrogen and oxygen atoms in total. The van der Waals surface area contributed by atoms with Gasteiger partial charge in [0, 0.05) is 20.1 Å². The zero-order chi connectivity index (χ0) is 12.2. The van der Waals surface area contributed by atoms with Crippen molar-refractivity contribution in [2.24, 2.45) is 0 Å². The summed E-state index contributed by atoms with van der Waals surface area (Å²) in [5.74, 6) is 0.220. The van der Waals surface area contributed by atoms with Crippen molar-refractivity contribution in [3.8, 4) is 0 Å². The molecule has 1 heterocycles. The van der Waals surface area contributed by atoms with Crippen molar-refractivity contribution in [3.63, 3.8) is 0 Å². The molecule has 3 heteroatoms. The van der Waals surface area contributed by atoms with Crippen LogP contribution in [0.2, 0.25) is 0 Å². The first-order valence-electron chi connectivity index (χ1n) is 6.12. The third kappa shape index (κ3) is 3.56. The monoisotopic (exact) mass is 228 g/mol. The normalized spacial score (nSPS) is 26.8. The van der Waals surface area contributed by atoms with Crippen molar-refractivity contribution < 1.29 is 14.3 Å². The summed E-state index contributed by atoms with van der Waals surface area (Å²) in [5, 5.41) is 0. The van der Waals surface area contributed by atoms with E-state index in [0.717, 1.165) is 32.3 Å². The van der Waals surface area contributed by atoms with Gasteiger partial charge in [0.25, 0.3) is 0 Å². The molecular formula is C13H24O3. The average molecular weight is 228 g/mol. The summed E-state index contributed by atoms with van der Waals surface area (Å²) in [6.45, 7) is 6.65. The van der Waals surface area contributed by atoms with Crippen LogP contribution in [0.5, 0.6) is 0 Å². The molecule has 0 aromatic carbocycles. The highest BCUT2D eigenvalue weighted by Crippen LogP contribution is 2.28. The second kappa shape index (κ2) is 5.28. The molecule has 0 amide bonds. The van der Waals surface area contributed by atoms with Crippen molar-refractivity contribution in [1.82, 2.24) is 0 Å². The first-order valence-corrected chi connectivity index (χ1v) is 6.12. The van der Waals surface area contributed by atoms with E-state index in [4.69, 9.17) is 9.47 Å². The fourth-order valence-corrected chi connectivity index (χ4v) is 1.93. The van der Waals surface area contributed by atoms with Crippen LogP contribution in [0.15, 0.2) is 0 Å². The number of carbonyl (C=O) groups is 1. The first kappa shape index (κ1) is 13.7. The second-order valence-electron chi connectivity index (χ2n) is 5.42. The van der Waals surface area contributed by atoms with Gasteiger partial charge in [-0.3, -0.25) is 4.79 Å². The lowest BCUT2D eigenvalue weighted by Gasteiger charge is -2.33. The summed E-state index contributed by atoms with van der Waals surface area (Å²) < 4.78 is 11.0. The maximum atomic E-state index is 12.1. The van der Waals surface area contributed by atoms with Crippen LogP contribution in [-0.4, -0.2) is 30.7 Å². The van der Waals surface area contributed by atoms with Gasteiger partial charge in [0.1, 0.15) is 5.60 Å². The molecule has 1 atom stereocenters. The maximum Gasteiger partial charge on any atom is 0.164 e. The molecule has 1 fully saturated rings. The Bertz CT molecular complexity index is 240. The molecule has 1 rings (SSSR count). The predicted octanol–water partition coefficient (Wildman–Crippen LogP) is 2.72. The quantitative estimate of drug-likeness (QED) is 0.725. The van der Waals surface area contributed by atoms with Gasteiger partial charge in [0.05, 0.1) is 5.60 Å². The van der Waals surface area contributed by atoms with E-state index < -0.39 is 5.60 Å². The predicted molar refractivity (Wildman–Crippen MR) is 63.5 cm³/mol. The number of methoxy groups -OCH3 is 1. The molecule has 0 bridgehead atoms. The Balaban J connectivity index is 2.45. The minimum absolute atomic E-state index is 0.220. The number of ether oxygens (including phenoxy) is 2. The Morgan fingerprint density at radius 3 is 2.62 bits per heavy atom. The van der Waals surface area contributed by atoms with Crippen LogP contribution in [-0.2, 0) is 14.3 Å². The molecule has 1 aliphatic rings. The standard InChI is InChI=1S/C13H24O3/c1-12(2,15-4)9-7-11(14)13(3)8-5-6-10-16-13/h5-10H2,1-4H3. The van der Waals surface area contributed by atoms with Crippen LogP contribution in [0, 0.1) is 0 Å². The highest BCUT2D eigenvalue weighted by Gasteiger charge is 2.36. The highest BCUT2D eigenvalue weighted by atomic mass is 16.5. The molecular weight excluding hydrogens is 204 g/mol. The molecule has 0 spiro atoms. The number of hydrogen-bond donors (Lipinski definition) is 0. The van der Waals surface area contributed by atoms with Crippen LogP contribution in [0.1, 0.15) is 52.9 Å². The molecule has 1 saturated heterocycles. The topological polar surface area (TPSA) is 35.5 Å². The van der Waals surface area contributed by atoms with Crippen LogP contribution < -0.4 is 0 Å². The largest absolute Gasteiger partial charge is 0.379 e. The number of rotatable bonds is 5. The Morgan fingerprint density at radius 2 is 2.12 bits per heavy atom. The molecule has 0 aromatic heterocycles. The lowest BCUT2D eigenvalue weighted by molar-refractivity contribution is -0.149. The van der Waals surface area contributed by atoms with Gasteiger partial charge in [-0.15, -0.1) is 0 Å². The minimum atomic E-state index is -0.540. The molecule has 0 saturated carbocycles. The fourth-order valence-electron chi connectivity index (χ4n) is 1.93. The number of carbonyl (C=O) groups excluding carboxylic acids is 1. The molecule has 0 N–H and O–H groups in total. The third-order valence-electron chi connectivity index (χ3n) is 3.57. The summed E-state index contributed by atoms with van der Waals surface area (Å²) in [4.78, 5) is 12.1. The molecule has 0 aromatic rings. The minimum Gasteiger partial charge on any atom is -0.379 e. The Morgan fingerprint density at radius 1 is 1.44 bits per heavy atom. The molecule has 1 aliphatic heterocycles. The van der Waals surface area contributed by atoms with E-state index in [1.54, 1.807) is 7.11 Å². The second-order valence-corrected chi connectivity index (χ2v) is 5.42. The fraction of sp³-hybridized carbons (Fsp3) is 0.923. The van der Waals surface area contributed by atoms with Crippen LogP contribution in [0.4, 0.5) is 0 Å². The SMILES string of the molecule is COC(C)(C)CCC(=O)C1(C)CCCCO1. The third-order valence-corrected chi connectivity index (χ3v) is 3.57. The molecule has 16 heavy (non-hydrogen) atoms. The van der Waals surface area contributed by atoms with Crippen molar-refractivity contribution >= 4 is 5.78 Å². The van der Waals surface area contributed by atoms with E-state index in [1.165, 1.54) is 0 Å². The van der Waals surface area contributed by atoms with Gasteiger partial charge in [-0.2, -0.15) is 0 Å². The smallest absolute Gasteiger partial charge is 0.164 e. The lowest BCUT2D eigenvalue weighted by atomic mass is 9.87. The van der Waals surface area contributed by atoms with Crippen molar-refractivity contribution in [2.45, 2.75) is 64.1 Å². The van der Waals surface area contributed by atoms with Crippen LogP contribution >= 0.6 is 0 Å². The van der Waals surface area contributed by atoms with E-state index in [9.17, 15) is 4.79 Å². The highest BCUT2D eigenvalue weighted by molar-refractivity contribution is 5.87. The van der Waals surface area contributed by atoms with Gasteiger partial charge >= 0.3 is 0 Å². The van der Waals surface area contributed by atoms with Gasteiger partial charge < -0.3 is 9.47 Å². The van der Waals surface area contributed by atoms with Gasteiger partial charge in [0.2, 0.25) is 0 Å². The van der Waals surface area contributed by atoms with Crippen molar-refractivity contribution in [1.29, 1.82) is 0 Å². The summed E-state index contributed by atoms with van der Waals surface area (Å²) >= 11 is 0. The average Bonchev–Trinajstić information content (AvgIpc) is 2.27. The van der Waals surface area contributed by atoms with E-state index in [-0.39, 0.29) is 11.4 Å². The Labute approximate surface area is 98.5 Å². The van der Waals surface area contributed by atoms with E-state index in [2.05, 4.69) is 0 Å². The summed E-state index contributed by atoms with van der Waals surface area (Å²) in [6, 6.07) is 0. The summed E-state index contributed by atoms with van der Waals surface area (Å²) in [5.41, 5.74) is -0.761. The van der Waals surface area contributed by atoms with E-state index in [1.807, 2.05) is 20.8 Å². The van der Waals surface area contributed by atoms with E-state index in [0.29, 0.717) is 6.42 Å². The number of hydrogen-bond acceptors (Lipinski definition) is 3. The zero-order valence-electron chi connectivity index (χ0n) is 11.0. The van der Waals surface area contributed by atoms with Gasteiger partial charge in [0.15, 0.2) is 5.78 Å².